The Balaban J connectivity index is 1.36. The number of rotatable bonds is 6. The molecule has 1 fully saturated rings. The van der Waals surface area contributed by atoms with Crippen molar-refractivity contribution in [1.29, 1.82) is 0 Å². The van der Waals surface area contributed by atoms with E-state index in [0.717, 1.165) is 43.5 Å². The molecule has 0 amide bonds. The number of piperidine rings is 1. The number of benzene rings is 1. The summed E-state index contributed by atoms with van der Waals surface area (Å²) >= 11 is 0. The largest absolute Gasteiger partial charge is 0.486 e. The van der Waals surface area contributed by atoms with Gasteiger partial charge in [0.1, 0.15) is 18.1 Å². The molecule has 0 aliphatic carbocycles. The van der Waals surface area contributed by atoms with Crippen LogP contribution in [0.15, 0.2) is 36.7 Å². The van der Waals surface area contributed by atoms with E-state index in [9.17, 15) is 13.9 Å². The predicted octanol–water partition coefficient (Wildman–Crippen LogP) is 4.22. The zero-order chi connectivity index (χ0) is 25.2. The molecule has 5 rings (SSSR count). The summed E-state index contributed by atoms with van der Waals surface area (Å²) in [6, 6.07) is 7.09. The maximum absolute atomic E-state index is 14.9. The lowest BCUT2D eigenvalue weighted by atomic mass is 9.97. The first-order valence-corrected chi connectivity index (χ1v) is 12.5. The Morgan fingerprint density at radius 3 is 2.56 bits per heavy atom. The molecule has 1 N–H and O–H groups in total. The van der Waals surface area contributed by atoms with E-state index in [4.69, 9.17) is 4.74 Å². The highest BCUT2D eigenvalue weighted by Crippen LogP contribution is 2.39. The molecule has 0 atom stereocenters. The number of pyridine rings is 1. The molecular weight excluding hydrogens is 464 g/mol. The fourth-order valence-electron chi connectivity index (χ4n) is 4.91. The Hall–Kier alpha value is -3.33. The maximum Gasteiger partial charge on any atom is 0.178 e. The van der Waals surface area contributed by atoms with Gasteiger partial charge in [-0.2, -0.15) is 0 Å². The van der Waals surface area contributed by atoms with Gasteiger partial charge in [-0.15, -0.1) is 0 Å². The molecule has 3 aromatic rings. The number of ether oxygens (including phenoxy) is 1. The van der Waals surface area contributed by atoms with Crippen LogP contribution in [0.3, 0.4) is 0 Å². The molecule has 2 aliphatic heterocycles. The van der Waals surface area contributed by atoms with Crippen molar-refractivity contribution in [2.45, 2.75) is 39.2 Å². The number of aromatic nitrogens is 3. The van der Waals surface area contributed by atoms with Crippen molar-refractivity contribution in [3.63, 3.8) is 0 Å². The minimum Gasteiger partial charge on any atom is -0.486 e. The topological polar surface area (TPSA) is 74.6 Å². The van der Waals surface area contributed by atoms with Crippen LogP contribution >= 0.6 is 0 Å². The lowest BCUT2D eigenvalue weighted by molar-refractivity contribution is 0.203. The summed E-state index contributed by atoms with van der Waals surface area (Å²) in [6.45, 7) is 7.12. The molecule has 0 unspecified atom stereocenters. The summed E-state index contributed by atoms with van der Waals surface area (Å²) in [5.41, 5.74) is 2.80. The summed E-state index contributed by atoms with van der Waals surface area (Å²) in [5.74, 6) is -0.167. The van der Waals surface area contributed by atoms with Crippen LogP contribution in [0.25, 0.3) is 11.3 Å². The number of aliphatic hydroxyl groups is 1. The van der Waals surface area contributed by atoms with Crippen molar-refractivity contribution in [2.75, 3.05) is 42.6 Å². The van der Waals surface area contributed by atoms with Crippen molar-refractivity contribution < 1.29 is 18.6 Å². The number of hydrogen-bond donors (Lipinski definition) is 1. The number of aliphatic hydroxyl groups excluding tert-OH is 1. The number of anilines is 2. The van der Waals surface area contributed by atoms with Crippen molar-refractivity contribution >= 4 is 11.4 Å². The van der Waals surface area contributed by atoms with Gasteiger partial charge >= 0.3 is 0 Å². The summed E-state index contributed by atoms with van der Waals surface area (Å²) < 4.78 is 35.3. The summed E-state index contributed by atoms with van der Waals surface area (Å²) in [5, 5.41) is 9.34. The second-order valence-electron chi connectivity index (χ2n) is 9.72. The highest BCUT2D eigenvalue weighted by atomic mass is 19.1. The Labute approximate surface area is 209 Å². The van der Waals surface area contributed by atoms with Crippen LogP contribution in [-0.4, -0.2) is 58.9 Å². The third kappa shape index (κ3) is 4.97. The Bertz CT molecular complexity index is 1210. The van der Waals surface area contributed by atoms with E-state index in [0.29, 0.717) is 42.6 Å². The SMILES string of the molecule is CC(C)N1CCOc2c(F)cc(-c3nc(Cc4ccc(N5CCC(CO)CC5)cn4)ncc3F)cc21. The maximum atomic E-state index is 14.9. The van der Waals surface area contributed by atoms with Crippen molar-refractivity contribution in [1.82, 2.24) is 15.0 Å². The van der Waals surface area contributed by atoms with Gasteiger partial charge < -0.3 is 19.6 Å². The summed E-state index contributed by atoms with van der Waals surface area (Å²) in [4.78, 5) is 17.5. The molecule has 1 aromatic carbocycles. The van der Waals surface area contributed by atoms with E-state index in [-0.39, 0.29) is 24.1 Å². The second kappa shape index (κ2) is 10.3. The average Bonchev–Trinajstić information content (AvgIpc) is 2.90. The van der Waals surface area contributed by atoms with E-state index < -0.39 is 11.6 Å². The standard InChI is InChI=1S/C27H31F2N5O2/c1-17(2)34-9-10-36-27-22(28)11-19(12-24(27)34)26-23(29)15-31-25(32-26)13-20-3-4-21(14-30-20)33-7-5-18(16-35)6-8-33/h3-4,11-12,14-15,17-18,35H,5-10,13,16H2,1-2H3. The minimum absolute atomic E-state index is 0.0550. The van der Waals surface area contributed by atoms with Crippen LogP contribution in [0.1, 0.15) is 38.2 Å². The Morgan fingerprint density at radius 2 is 1.86 bits per heavy atom. The van der Waals surface area contributed by atoms with Gasteiger partial charge in [-0.1, -0.05) is 0 Å². The molecule has 4 heterocycles. The molecule has 2 aromatic heterocycles. The van der Waals surface area contributed by atoms with Crippen LogP contribution < -0.4 is 14.5 Å². The normalized spacial score (nSPS) is 16.3. The van der Waals surface area contributed by atoms with Crippen LogP contribution in [0.2, 0.25) is 0 Å². The highest BCUT2D eigenvalue weighted by Gasteiger charge is 2.26. The van der Waals surface area contributed by atoms with Gasteiger partial charge in [0.15, 0.2) is 17.4 Å². The van der Waals surface area contributed by atoms with E-state index >= 15 is 0 Å². The van der Waals surface area contributed by atoms with Gasteiger partial charge in [0.05, 0.1) is 36.7 Å². The van der Waals surface area contributed by atoms with E-state index in [1.54, 1.807) is 6.07 Å². The molecule has 36 heavy (non-hydrogen) atoms. The van der Waals surface area contributed by atoms with Crippen molar-refractivity contribution in [2.24, 2.45) is 5.92 Å². The lowest BCUT2D eigenvalue weighted by Gasteiger charge is -2.34. The van der Waals surface area contributed by atoms with Crippen LogP contribution in [-0.2, 0) is 6.42 Å². The van der Waals surface area contributed by atoms with Gasteiger partial charge in [-0.05, 0) is 56.9 Å². The van der Waals surface area contributed by atoms with E-state index in [2.05, 4.69) is 19.9 Å². The van der Waals surface area contributed by atoms with E-state index in [1.165, 1.54) is 6.07 Å². The van der Waals surface area contributed by atoms with E-state index in [1.807, 2.05) is 37.1 Å². The van der Waals surface area contributed by atoms with Crippen LogP contribution in [0.4, 0.5) is 20.2 Å². The van der Waals surface area contributed by atoms with Gasteiger partial charge in [-0.25, -0.2) is 18.7 Å². The Morgan fingerprint density at radius 1 is 1.06 bits per heavy atom. The zero-order valence-corrected chi connectivity index (χ0v) is 20.6. The first-order chi connectivity index (χ1) is 17.4. The third-order valence-corrected chi connectivity index (χ3v) is 6.99. The number of hydrogen-bond acceptors (Lipinski definition) is 7. The number of fused-ring (bicyclic) bond motifs is 1. The molecule has 9 heteroatoms. The first-order valence-electron chi connectivity index (χ1n) is 12.5. The van der Waals surface area contributed by atoms with Gasteiger partial charge in [-0.3, -0.25) is 4.98 Å². The third-order valence-electron chi connectivity index (χ3n) is 6.99. The van der Waals surface area contributed by atoms with Gasteiger partial charge in [0, 0.05) is 37.0 Å². The molecule has 190 valence electrons. The van der Waals surface area contributed by atoms with Crippen LogP contribution in [0.5, 0.6) is 5.75 Å². The van der Waals surface area contributed by atoms with Crippen LogP contribution in [0, 0.1) is 17.6 Å². The molecule has 0 bridgehead atoms. The van der Waals surface area contributed by atoms with Gasteiger partial charge in [0.2, 0.25) is 0 Å². The minimum atomic E-state index is -0.611. The molecular formula is C27H31F2N5O2. The lowest BCUT2D eigenvalue weighted by Crippen LogP contribution is -2.38. The average molecular weight is 496 g/mol. The highest BCUT2D eigenvalue weighted by molar-refractivity contribution is 5.72. The molecule has 7 nitrogen and oxygen atoms in total. The molecule has 0 saturated carbocycles. The fourth-order valence-corrected chi connectivity index (χ4v) is 4.91. The van der Waals surface area contributed by atoms with Gasteiger partial charge in [0.25, 0.3) is 0 Å². The quantitative estimate of drug-likeness (QED) is 0.549. The van der Waals surface area contributed by atoms with Crippen molar-refractivity contribution in [3.8, 4) is 17.0 Å². The van der Waals surface area contributed by atoms with Crippen molar-refractivity contribution in [3.05, 3.63) is 59.8 Å². The summed E-state index contributed by atoms with van der Waals surface area (Å²) in [6.07, 6.45) is 5.22. The fraction of sp³-hybridized carbons (Fsp3) is 0.444. The predicted molar refractivity (Wildman–Crippen MR) is 134 cm³/mol. The number of halogens is 2. The Kier molecular flexibility index (Phi) is 7.00. The molecule has 0 radical (unpaired) electrons. The smallest absolute Gasteiger partial charge is 0.178 e. The second-order valence-corrected chi connectivity index (χ2v) is 9.72. The zero-order valence-electron chi connectivity index (χ0n) is 20.6. The monoisotopic (exact) mass is 495 g/mol. The number of nitrogens with zero attached hydrogens (tertiary/aromatic N) is 5. The molecule has 2 aliphatic rings. The first kappa shape index (κ1) is 24.4. The molecule has 0 spiro atoms. The summed E-state index contributed by atoms with van der Waals surface area (Å²) in [7, 11) is 0. The molecule has 1 saturated heterocycles.